The molecule has 1 aromatic rings. The van der Waals surface area contributed by atoms with Crippen LogP contribution < -0.4 is 10.6 Å². The van der Waals surface area contributed by atoms with Crippen molar-refractivity contribution < 1.29 is 9.53 Å². The van der Waals surface area contributed by atoms with Crippen LogP contribution in [0.5, 0.6) is 0 Å². The fraction of sp³-hybridized carbons (Fsp3) is 0.750. The standard InChI is InChI=1S/C16H29N7O2.HI/c1-6-22-11-19-21-13(22)9-18-14(17-5)23-8-7-12(10-23)20-15(24)25-16(2,3)4;/h11-12H,6-10H2,1-5H3,(H,17,18)(H,20,24);1H. The molecule has 1 saturated heterocycles. The molecule has 26 heavy (non-hydrogen) atoms. The molecule has 2 N–H and O–H groups in total. The number of nitrogens with zero attached hydrogens (tertiary/aromatic N) is 5. The molecule has 1 fully saturated rings. The fourth-order valence-corrected chi connectivity index (χ4v) is 2.72. The summed E-state index contributed by atoms with van der Waals surface area (Å²) in [4.78, 5) is 18.3. The van der Waals surface area contributed by atoms with Gasteiger partial charge in [-0.3, -0.25) is 4.99 Å². The minimum atomic E-state index is -0.491. The number of carbonyl (C=O) groups excluding carboxylic acids is 1. The smallest absolute Gasteiger partial charge is 0.407 e. The number of hydrogen-bond donors (Lipinski definition) is 2. The van der Waals surface area contributed by atoms with Crippen molar-refractivity contribution in [3.63, 3.8) is 0 Å². The van der Waals surface area contributed by atoms with E-state index in [2.05, 4.69) is 37.6 Å². The zero-order valence-corrected chi connectivity index (χ0v) is 18.5. The molecule has 0 aliphatic carbocycles. The number of halogens is 1. The molecule has 2 heterocycles. The Labute approximate surface area is 172 Å². The van der Waals surface area contributed by atoms with Crippen molar-refractivity contribution in [3.8, 4) is 0 Å². The summed E-state index contributed by atoms with van der Waals surface area (Å²) in [6, 6.07) is 0.0488. The fourth-order valence-electron chi connectivity index (χ4n) is 2.72. The summed E-state index contributed by atoms with van der Waals surface area (Å²) in [5, 5.41) is 14.3. The first kappa shape index (κ1) is 22.5. The maximum Gasteiger partial charge on any atom is 0.407 e. The van der Waals surface area contributed by atoms with Gasteiger partial charge in [-0.2, -0.15) is 0 Å². The predicted molar refractivity (Wildman–Crippen MR) is 111 cm³/mol. The van der Waals surface area contributed by atoms with Gasteiger partial charge in [0, 0.05) is 26.7 Å². The molecular weight excluding hydrogens is 449 g/mol. The molecule has 0 bridgehead atoms. The molecular formula is C16H30IN7O2. The number of rotatable bonds is 4. The third-order valence-electron chi connectivity index (χ3n) is 3.86. The highest BCUT2D eigenvalue weighted by molar-refractivity contribution is 14.0. The number of carbonyl (C=O) groups is 1. The Morgan fingerprint density at radius 2 is 2.19 bits per heavy atom. The number of nitrogens with one attached hydrogen (secondary N) is 2. The highest BCUT2D eigenvalue weighted by atomic mass is 127. The van der Waals surface area contributed by atoms with E-state index in [0.29, 0.717) is 13.1 Å². The Balaban J connectivity index is 0.00000338. The van der Waals surface area contributed by atoms with Crippen molar-refractivity contribution in [2.45, 2.75) is 58.8 Å². The quantitative estimate of drug-likeness (QED) is 0.387. The second kappa shape index (κ2) is 9.93. The lowest BCUT2D eigenvalue weighted by molar-refractivity contribution is 0.0507. The maximum atomic E-state index is 11.9. The van der Waals surface area contributed by atoms with E-state index < -0.39 is 5.60 Å². The average molecular weight is 479 g/mol. The summed E-state index contributed by atoms with van der Waals surface area (Å²) >= 11 is 0. The number of aryl methyl sites for hydroxylation is 1. The topological polar surface area (TPSA) is 96.7 Å². The molecule has 1 atom stereocenters. The van der Waals surface area contributed by atoms with Crippen LogP contribution in [0.15, 0.2) is 11.3 Å². The summed E-state index contributed by atoms with van der Waals surface area (Å²) in [5.74, 6) is 1.66. The van der Waals surface area contributed by atoms with Crippen molar-refractivity contribution >= 4 is 36.0 Å². The molecule has 2 rings (SSSR count). The van der Waals surface area contributed by atoms with Crippen molar-refractivity contribution in [1.29, 1.82) is 0 Å². The molecule has 0 aromatic carbocycles. The van der Waals surface area contributed by atoms with Crippen LogP contribution in [0.4, 0.5) is 4.79 Å². The molecule has 1 aliphatic rings. The van der Waals surface area contributed by atoms with E-state index in [9.17, 15) is 4.79 Å². The Kier molecular flexibility index (Phi) is 8.57. The lowest BCUT2D eigenvalue weighted by Gasteiger charge is -2.23. The number of aromatic nitrogens is 3. The summed E-state index contributed by atoms with van der Waals surface area (Å²) in [5.41, 5.74) is -0.491. The number of amides is 1. The molecule has 0 radical (unpaired) electrons. The van der Waals surface area contributed by atoms with Gasteiger partial charge in [-0.1, -0.05) is 0 Å². The normalized spacial score (nSPS) is 17.7. The summed E-state index contributed by atoms with van der Waals surface area (Å²) < 4.78 is 7.29. The van der Waals surface area contributed by atoms with Gasteiger partial charge in [0.2, 0.25) is 0 Å². The van der Waals surface area contributed by atoms with Gasteiger partial charge in [0.1, 0.15) is 11.9 Å². The van der Waals surface area contributed by atoms with Crippen LogP contribution >= 0.6 is 24.0 Å². The van der Waals surface area contributed by atoms with Gasteiger partial charge in [-0.15, -0.1) is 34.2 Å². The minimum absolute atomic E-state index is 0. The Morgan fingerprint density at radius 3 is 2.81 bits per heavy atom. The molecule has 10 heteroatoms. The number of ether oxygens (including phenoxy) is 1. The summed E-state index contributed by atoms with van der Waals surface area (Å²) in [7, 11) is 1.75. The summed E-state index contributed by atoms with van der Waals surface area (Å²) in [6.45, 7) is 10.5. The maximum absolute atomic E-state index is 11.9. The lowest BCUT2D eigenvalue weighted by Crippen LogP contribution is -2.44. The van der Waals surface area contributed by atoms with Crippen LogP contribution in [0, 0.1) is 0 Å². The van der Waals surface area contributed by atoms with Gasteiger partial charge in [-0.25, -0.2) is 4.79 Å². The first-order valence-corrected chi connectivity index (χ1v) is 8.64. The zero-order chi connectivity index (χ0) is 18.4. The van der Waals surface area contributed by atoms with Gasteiger partial charge in [-0.05, 0) is 34.1 Å². The van der Waals surface area contributed by atoms with Gasteiger partial charge in [0.05, 0.1) is 12.6 Å². The van der Waals surface area contributed by atoms with Gasteiger partial charge < -0.3 is 24.8 Å². The molecule has 1 amide bonds. The van der Waals surface area contributed by atoms with Crippen LogP contribution in [0.25, 0.3) is 0 Å². The van der Waals surface area contributed by atoms with E-state index in [1.807, 2.05) is 25.3 Å². The summed E-state index contributed by atoms with van der Waals surface area (Å²) in [6.07, 6.45) is 2.19. The van der Waals surface area contributed by atoms with Crippen molar-refractivity contribution in [3.05, 3.63) is 12.2 Å². The molecule has 1 unspecified atom stereocenters. The average Bonchev–Trinajstić information content (AvgIpc) is 3.15. The lowest BCUT2D eigenvalue weighted by atomic mass is 10.2. The molecule has 0 saturated carbocycles. The van der Waals surface area contributed by atoms with E-state index in [4.69, 9.17) is 4.74 Å². The first-order valence-electron chi connectivity index (χ1n) is 8.64. The van der Waals surface area contributed by atoms with Crippen LogP contribution in [0.2, 0.25) is 0 Å². The Morgan fingerprint density at radius 1 is 1.46 bits per heavy atom. The Bertz CT molecular complexity index is 612. The molecule has 148 valence electrons. The largest absolute Gasteiger partial charge is 0.444 e. The van der Waals surface area contributed by atoms with E-state index in [-0.39, 0.29) is 36.1 Å². The van der Waals surface area contributed by atoms with Crippen LogP contribution in [0.1, 0.15) is 39.9 Å². The third-order valence-corrected chi connectivity index (χ3v) is 3.86. The van der Waals surface area contributed by atoms with E-state index in [1.54, 1.807) is 13.4 Å². The van der Waals surface area contributed by atoms with Crippen molar-refractivity contribution in [1.82, 2.24) is 30.3 Å². The van der Waals surface area contributed by atoms with Crippen molar-refractivity contribution in [2.24, 2.45) is 4.99 Å². The van der Waals surface area contributed by atoms with Crippen LogP contribution in [0.3, 0.4) is 0 Å². The van der Waals surface area contributed by atoms with Crippen LogP contribution in [-0.4, -0.2) is 63.5 Å². The highest BCUT2D eigenvalue weighted by Gasteiger charge is 2.27. The SMILES string of the molecule is CCn1cnnc1CNC(=NC)N1CCC(NC(=O)OC(C)(C)C)C1.I. The molecule has 1 aliphatic heterocycles. The highest BCUT2D eigenvalue weighted by Crippen LogP contribution is 2.12. The number of guanidine groups is 1. The van der Waals surface area contributed by atoms with E-state index in [0.717, 1.165) is 31.3 Å². The number of hydrogen-bond acceptors (Lipinski definition) is 5. The third kappa shape index (κ3) is 6.61. The second-order valence-electron chi connectivity index (χ2n) is 7.01. The molecule has 9 nitrogen and oxygen atoms in total. The van der Waals surface area contributed by atoms with Crippen molar-refractivity contribution in [2.75, 3.05) is 20.1 Å². The van der Waals surface area contributed by atoms with Gasteiger partial charge in [0.25, 0.3) is 0 Å². The van der Waals surface area contributed by atoms with Gasteiger partial charge in [0.15, 0.2) is 11.8 Å². The van der Waals surface area contributed by atoms with Gasteiger partial charge >= 0.3 is 6.09 Å². The number of aliphatic imine (C=N–C) groups is 1. The minimum Gasteiger partial charge on any atom is -0.444 e. The predicted octanol–water partition coefficient (Wildman–Crippen LogP) is 1.59. The zero-order valence-electron chi connectivity index (χ0n) is 16.2. The van der Waals surface area contributed by atoms with Crippen LogP contribution in [-0.2, 0) is 17.8 Å². The number of alkyl carbamates (subject to hydrolysis) is 1. The number of likely N-dealkylation sites (tertiary alicyclic amines) is 1. The van der Waals surface area contributed by atoms with E-state index in [1.165, 1.54) is 0 Å². The molecule has 1 aromatic heterocycles. The van der Waals surface area contributed by atoms with E-state index >= 15 is 0 Å². The Hall–Kier alpha value is -1.59. The molecule has 0 spiro atoms. The second-order valence-corrected chi connectivity index (χ2v) is 7.01. The first-order chi connectivity index (χ1) is 11.8. The monoisotopic (exact) mass is 479 g/mol.